The molecule has 1 heterocycles. The van der Waals surface area contributed by atoms with Gasteiger partial charge in [-0.2, -0.15) is 0 Å². The van der Waals surface area contributed by atoms with Crippen LogP contribution in [0.5, 0.6) is 0 Å². The number of para-hydroxylation sites is 1. The molecule has 1 aliphatic rings. The minimum absolute atomic E-state index is 0.0347. The van der Waals surface area contributed by atoms with Crippen molar-refractivity contribution in [3.63, 3.8) is 0 Å². The lowest BCUT2D eigenvalue weighted by molar-refractivity contribution is 0.0994. The zero-order valence-corrected chi connectivity index (χ0v) is 8.58. The molecule has 0 aliphatic carbocycles. The van der Waals surface area contributed by atoms with E-state index in [0.717, 1.165) is 11.3 Å². The number of nitrogens with two attached hydrogens (primary N) is 1. The van der Waals surface area contributed by atoms with Gasteiger partial charge in [-0.15, -0.1) is 0 Å². The highest BCUT2D eigenvalue weighted by molar-refractivity contribution is 5.47. The summed E-state index contributed by atoms with van der Waals surface area (Å²) in [6.45, 7) is 4.95. The Balaban J connectivity index is 2.22. The van der Waals surface area contributed by atoms with Crippen LogP contribution in [0.15, 0.2) is 24.3 Å². The van der Waals surface area contributed by atoms with Crippen LogP contribution in [0, 0.1) is 0 Å². The summed E-state index contributed by atoms with van der Waals surface area (Å²) in [5.41, 5.74) is 7.71. The first-order valence-corrected chi connectivity index (χ1v) is 4.82. The van der Waals surface area contributed by atoms with E-state index in [1.54, 1.807) is 0 Å². The third kappa shape index (κ3) is 1.74. The maximum atomic E-state index is 5.87. The van der Waals surface area contributed by atoms with Gasteiger partial charge in [-0.1, -0.05) is 18.2 Å². The van der Waals surface area contributed by atoms with Gasteiger partial charge in [0.05, 0.1) is 6.61 Å². The van der Waals surface area contributed by atoms with Crippen LogP contribution in [0.3, 0.4) is 0 Å². The van der Waals surface area contributed by atoms with Crippen molar-refractivity contribution in [1.29, 1.82) is 0 Å². The van der Waals surface area contributed by atoms with E-state index in [1.165, 1.54) is 0 Å². The van der Waals surface area contributed by atoms with Gasteiger partial charge in [0.1, 0.15) is 6.23 Å². The third-order valence-corrected chi connectivity index (χ3v) is 2.41. The Bertz CT molecular complexity index is 336. The first-order valence-electron chi connectivity index (χ1n) is 4.82. The highest BCUT2D eigenvalue weighted by atomic mass is 16.5. The van der Waals surface area contributed by atoms with E-state index >= 15 is 0 Å². The third-order valence-electron chi connectivity index (χ3n) is 2.41. The number of nitrogens with one attached hydrogen (secondary N) is 1. The largest absolute Gasteiger partial charge is 0.398 e. The lowest BCUT2D eigenvalue weighted by atomic mass is 10.1. The second-order valence-electron chi connectivity index (χ2n) is 4.35. The number of hydrogen-bond acceptors (Lipinski definition) is 3. The molecule has 76 valence electrons. The highest BCUT2D eigenvalue weighted by Crippen LogP contribution is 2.28. The molecule has 0 amide bonds. The zero-order chi connectivity index (χ0) is 10.2. The van der Waals surface area contributed by atoms with Crippen molar-refractivity contribution in [1.82, 2.24) is 5.32 Å². The van der Waals surface area contributed by atoms with E-state index in [0.29, 0.717) is 6.61 Å². The molecule has 0 aromatic heterocycles. The number of benzene rings is 1. The SMILES string of the molecule is CC1(C)COC(c2ccccc2N)N1. The summed E-state index contributed by atoms with van der Waals surface area (Å²) in [5, 5.41) is 3.39. The molecule has 1 fully saturated rings. The van der Waals surface area contributed by atoms with Crippen molar-refractivity contribution < 1.29 is 4.74 Å². The van der Waals surface area contributed by atoms with Crippen molar-refractivity contribution in [3.05, 3.63) is 29.8 Å². The van der Waals surface area contributed by atoms with Crippen LogP contribution in [-0.2, 0) is 4.74 Å². The van der Waals surface area contributed by atoms with Crippen molar-refractivity contribution in [2.45, 2.75) is 25.6 Å². The smallest absolute Gasteiger partial charge is 0.136 e. The van der Waals surface area contributed by atoms with E-state index in [1.807, 2.05) is 24.3 Å². The number of anilines is 1. The molecule has 3 heteroatoms. The van der Waals surface area contributed by atoms with Crippen LogP contribution in [-0.4, -0.2) is 12.1 Å². The molecule has 0 spiro atoms. The van der Waals surface area contributed by atoms with Crippen LogP contribution in [0.1, 0.15) is 25.6 Å². The highest BCUT2D eigenvalue weighted by Gasteiger charge is 2.32. The molecule has 1 aromatic rings. The van der Waals surface area contributed by atoms with Crippen molar-refractivity contribution in [2.75, 3.05) is 12.3 Å². The van der Waals surface area contributed by atoms with Gasteiger partial charge in [0.25, 0.3) is 0 Å². The first kappa shape index (κ1) is 9.49. The van der Waals surface area contributed by atoms with Gasteiger partial charge in [-0.3, -0.25) is 5.32 Å². The van der Waals surface area contributed by atoms with Gasteiger partial charge in [0, 0.05) is 16.8 Å². The van der Waals surface area contributed by atoms with Gasteiger partial charge in [0.2, 0.25) is 0 Å². The second-order valence-corrected chi connectivity index (χ2v) is 4.35. The molecule has 0 radical (unpaired) electrons. The van der Waals surface area contributed by atoms with Crippen molar-refractivity contribution >= 4 is 5.69 Å². The summed E-state index contributed by atoms with van der Waals surface area (Å²) in [6.07, 6.45) is -0.0637. The average molecular weight is 192 g/mol. The normalized spacial score (nSPS) is 25.1. The molecule has 1 aromatic carbocycles. The molecule has 1 aliphatic heterocycles. The maximum Gasteiger partial charge on any atom is 0.136 e. The summed E-state index contributed by atoms with van der Waals surface area (Å²) in [4.78, 5) is 0. The Morgan fingerprint density at radius 2 is 2.14 bits per heavy atom. The first-order chi connectivity index (χ1) is 6.58. The number of ether oxygens (including phenoxy) is 1. The molecule has 14 heavy (non-hydrogen) atoms. The van der Waals surface area contributed by atoms with Crippen LogP contribution in [0.2, 0.25) is 0 Å². The topological polar surface area (TPSA) is 47.3 Å². The Hall–Kier alpha value is -1.06. The standard InChI is InChI=1S/C11H16N2O/c1-11(2)7-14-10(13-11)8-5-3-4-6-9(8)12/h3-6,10,13H,7,12H2,1-2H3. The fraction of sp³-hybridized carbons (Fsp3) is 0.455. The monoisotopic (exact) mass is 192 g/mol. The molecule has 2 rings (SSSR count). The van der Waals surface area contributed by atoms with E-state index < -0.39 is 0 Å². The molecule has 1 atom stereocenters. The molecule has 1 unspecified atom stereocenters. The summed E-state index contributed by atoms with van der Waals surface area (Å²) in [7, 11) is 0. The van der Waals surface area contributed by atoms with Gasteiger partial charge >= 0.3 is 0 Å². The minimum Gasteiger partial charge on any atom is -0.398 e. The predicted octanol–water partition coefficient (Wildman–Crippen LogP) is 1.67. The Kier molecular flexibility index (Phi) is 2.21. The molecule has 3 N–H and O–H groups in total. The average Bonchev–Trinajstić information content (AvgIpc) is 2.47. The molecule has 3 nitrogen and oxygen atoms in total. The number of nitrogen functional groups attached to an aromatic ring is 1. The van der Waals surface area contributed by atoms with Crippen LogP contribution >= 0.6 is 0 Å². The fourth-order valence-electron chi connectivity index (χ4n) is 1.65. The van der Waals surface area contributed by atoms with Gasteiger partial charge in [-0.05, 0) is 19.9 Å². The molecule has 1 saturated heterocycles. The van der Waals surface area contributed by atoms with Crippen LogP contribution in [0.25, 0.3) is 0 Å². The summed E-state index contributed by atoms with van der Waals surface area (Å²) < 4.78 is 5.64. The summed E-state index contributed by atoms with van der Waals surface area (Å²) >= 11 is 0. The second kappa shape index (κ2) is 3.26. The predicted molar refractivity (Wildman–Crippen MR) is 56.8 cm³/mol. The Labute approximate surface area is 84.3 Å². The molecule has 0 saturated carbocycles. The fourth-order valence-corrected chi connectivity index (χ4v) is 1.65. The van der Waals surface area contributed by atoms with E-state index in [-0.39, 0.29) is 11.8 Å². The molecular formula is C11H16N2O. The van der Waals surface area contributed by atoms with E-state index in [9.17, 15) is 0 Å². The summed E-state index contributed by atoms with van der Waals surface area (Å²) in [6, 6.07) is 7.79. The van der Waals surface area contributed by atoms with Gasteiger partial charge < -0.3 is 10.5 Å². The number of rotatable bonds is 1. The van der Waals surface area contributed by atoms with Crippen LogP contribution in [0.4, 0.5) is 5.69 Å². The molecular weight excluding hydrogens is 176 g/mol. The lowest BCUT2D eigenvalue weighted by Crippen LogP contribution is -2.36. The Morgan fingerprint density at radius 1 is 1.43 bits per heavy atom. The van der Waals surface area contributed by atoms with Crippen molar-refractivity contribution in [2.24, 2.45) is 0 Å². The van der Waals surface area contributed by atoms with Crippen molar-refractivity contribution in [3.8, 4) is 0 Å². The van der Waals surface area contributed by atoms with Gasteiger partial charge in [0.15, 0.2) is 0 Å². The Morgan fingerprint density at radius 3 is 2.71 bits per heavy atom. The summed E-state index contributed by atoms with van der Waals surface area (Å²) in [5.74, 6) is 0. The lowest BCUT2D eigenvalue weighted by Gasteiger charge is -2.18. The minimum atomic E-state index is -0.0637. The maximum absolute atomic E-state index is 5.87. The van der Waals surface area contributed by atoms with Crippen LogP contribution < -0.4 is 11.1 Å². The van der Waals surface area contributed by atoms with Gasteiger partial charge in [-0.25, -0.2) is 0 Å². The van der Waals surface area contributed by atoms with E-state index in [4.69, 9.17) is 10.5 Å². The van der Waals surface area contributed by atoms with E-state index in [2.05, 4.69) is 19.2 Å². The molecule has 0 bridgehead atoms. The zero-order valence-electron chi connectivity index (χ0n) is 8.58. The quantitative estimate of drug-likeness (QED) is 0.665. The number of hydrogen-bond donors (Lipinski definition) is 2.